The lowest BCUT2D eigenvalue weighted by Gasteiger charge is -2.40. The molecule has 2 unspecified atom stereocenters. The smallest absolute Gasteiger partial charge is 0.423 e. The Morgan fingerprint density at radius 2 is 0.646 bits per heavy atom. The molecule has 2 N–H and O–H groups in total. The lowest BCUT2D eigenvalue weighted by atomic mass is 9.80. The summed E-state index contributed by atoms with van der Waals surface area (Å²) < 4.78 is 40.2. The molecule has 4 heterocycles. The SMILES string of the molecule is O=P1(c2ccccc2)c2ccccc2-c2cc(-c3ccc4c(c3)c3ccccc3n4-c3ccccc3)ccc2N1c1ccccc1.O=P1(c2ccccc2)c2ccccc2-c2cc(Br)ccc2N1c1ccccc1.OB(O)c1ccc2c(c1)c1ccccc1n2-c1ccccc1. The van der Waals surface area contributed by atoms with E-state index in [1.54, 1.807) is 6.07 Å². The third kappa shape index (κ3) is 10.3. The fourth-order valence-corrected chi connectivity index (χ4v) is 20.5. The zero-order valence-electron chi connectivity index (χ0n) is 51.8. The van der Waals surface area contributed by atoms with E-state index in [2.05, 4.69) is 181 Å². The molecule has 0 aliphatic carbocycles. The van der Waals surface area contributed by atoms with Gasteiger partial charge in [0, 0.05) is 81.1 Å². The van der Waals surface area contributed by atoms with Crippen LogP contribution in [0.1, 0.15) is 0 Å². The molecule has 8 nitrogen and oxygen atoms in total. The monoisotopic (exact) mass is 1340 g/mol. The molecule has 96 heavy (non-hydrogen) atoms. The first-order chi connectivity index (χ1) is 47.2. The fourth-order valence-electron chi connectivity index (χ4n) is 14.0. The number of anilines is 4. The van der Waals surface area contributed by atoms with Gasteiger partial charge >= 0.3 is 7.12 Å². The number of halogens is 1. The highest BCUT2D eigenvalue weighted by molar-refractivity contribution is 9.10. The number of hydrogen-bond acceptors (Lipinski definition) is 4. The summed E-state index contributed by atoms with van der Waals surface area (Å²) in [6, 6.07) is 119. The molecule has 0 saturated heterocycles. The summed E-state index contributed by atoms with van der Waals surface area (Å²) in [5.74, 6) is 0. The van der Waals surface area contributed by atoms with Crippen molar-refractivity contribution in [1.82, 2.24) is 9.13 Å². The standard InChI is InChI=1S/C42H29N2OP.C24H17BrNOP.C18H14BNO2/c45-46(34-18-8-3-9-19-34)42-23-13-11-21-36(42)38-29-31(25-27-41(38)44(46)33-16-6-2-7-17-33)30-24-26-40-37(28-30)35-20-10-12-22-39(35)43(40)32-14-4-1-5-15-32;25-18-15-16-23-22(17-18)21-13-7-8-14-24(21)28(27,20-11-5-2-6-12-20)26(23)19-9-3-1-4-10-19;21-19(22)13-10-11-18-16(12-13)15-8-4-5-9-17(15)20(18)14-6-2-1-3-7-14/h1-29H;1-17H;1-12,21-22H. The first-order valence-corrected chi connectivity index (χ1v) is 36.0. The molecule has 16 aromatic rings. The summed E-state index contributed by atoms with van der Waals surface area (Å²) in [5.41, 5.74) is 17.5. The molecule has 2 aromatic heterocycles. The van der Waals surface area contributed by atoms with Gasteiger partial charge in [-0.15, -0.1) is 0 Å². The van der Waals surface area contributed by atoms with Crippen LogP contribution >= 0.6 is 30.5 Å². The van der Waals surface area contributed by atoms with Gasteiger partial charge in [0.05, 0.1) is 33.4 Å². The third-order valence-corrected chi connectivity index (χ3v) is 24.9. The van der Waals surface area contributed by atoms with Gasteiger partial charge in [0.1, 0.15) is 0 Å². The molecule has 0 spiro atoms. The molecule has 460 valence electrons. The highest BCUT2D eigenvalue weighted by Crippen LogP contribution is 2.63. The lowest BCUT2D eigenvalue weighted by molar-refractivity contribution is 0.426. The maximum absolute atomic E-state index is 15.6. The minimum atomic E-state index is -3.26. The van der Waals surface area contributed by atoms with Crippen molar-refractivity contribution in [2.75, 3.05) is 9.34 Å². The molecule has 2 aliphatic heterocycles. The minimum absolute atomic E-state index is 0.503. The van der Waals surface area contributed by atoms with Crippen molar-refractivity contribution in [3.8, 4) is 44.8 Å². The van der Waals surface area contributed by atoms with Gasteiger partial charge in [-0.3, -0.25) is 18.5 Å². The molecule has 18 rings (SSSR count). The van der Waals surface area contributed by atoms with Crippen LogP contribution in [0, 0.1) is 0 Å². The van der Waals surface area contributed by atoms with Gasteiger partial charge in [0.2, 0.25) is 14.6 Å². The first-order valence-electron chi connectivity index (χ1n) is 31.9. The second kappa shape index (κ2) is 25.2. The van der Waals surface area contributed by atoms with E-state index in [4.69, 9.17) is 0 Å². The van der Waals surface area contributed by atoms with Crippen LogP contribution in [-0.4, -0.2) is 26.3 Å². The van der Waals surface area contributed by atoms with Gasteiger partial charge in [-0.2, -0.15) is 0 Å². The average Bonchev–Trinajstić information content (AvgIpc) is 1.11. The Morgan fingerprint density at radius 1 is 0.292 bits per heavy atom. The Morgan fingerprint density at radius 3 is 1.12 bits per heavy atom. The number of aromatic nitrogens is 2. The summed E-state index contributed by atoms with van der Waals surface area (Å²) in [6.45, 7) is 0. The Labute approximate surface area is 565 Å². The molecular formula is C84H60BBrN4O4P2. The van der Waals surface area contributed by atoms with Crippen LogP contribution in [0.4, 0.5) is 22.7 Å². The minimum Gasteiger partial charge on any atom is -0.423 e. The number of para-hydroxylation sites is 6. The van der Waals surface area contributed by atoms with Crippen molar-refractivity contribution in [1.29, 1.82) is 0 Å². The Hall–Kier alpha value is -10.8. The molecule has 0 saturated carbocycles. The van der Waals surface area contributed by atoms with Crippen LogP contribution in [0.2, 0.25) is 0 Å². The van der Waals surface area contributed by atoms with Crippen LogP contribution in [-0.2, 0) is 9.13 Å². The number of rotatable bonds is 8. The van der Waals surface area contributed by atoms with Crippen LogP contribution in [0.15, 0.2) is 356 Å². The van der Waals surface area contributed by atoms with Crippen molar-refractivity contribution in [2.24, 2.45) is 0 Å². The molecule has 12 heteroatoms. The maximum Gasteiger partial charge on any atom is 0.488 e. The molecule has 0 amide bonds. The van der Waals surface area contributed by atoms with E-state index in [1.807, 2.05) is 199 Å². The van der Waals surface area contributed by atoms with E-state index >= 15 is 4.57 Å². The van der Waals surface area contributed by atoms with Gasteiger partial charge < -0.3 is 19.2 Å². The second-order valence-corrected chi connectivity index (χ2v) is 29.8. The predicted molar refractivity (Wildman–Crippen MR) is 406 cm³/mol. The first kappa shape index (κ1) is 60.2. The van der Waals surface area contributed by atoms with E-state index in [0.717, 1.165) is 115 Å². The predicted octanol–water partition coefficient (Wildman–Crippen LogP) is 19.5. The highest BCUT2D eigenvalue weighted by Gasteiger charge is 2.44. The summed E-state index contributed by atoms with van der Waals surface area (Å²) in [7, 11) is -7.84. The molecule has 0 fully saturated rings. The fraction of sp³-hybridized carbons (Fsp3) is 0. The molecule has 0 bridgehead atoms. The molecule has 14 aromatic carbocycles. The normalized spacial score (nSPS) is 15.2. The number of nitrogens with zero attached hydrogens (tertiary/aromatic N) is 4. The zero-order chi connectivity index (χ0) is 64.9. The van der Waals surface area contributed by atoms with Gasteiger partial charge in [0.25, 0.3) is 0 Å². The van der Waals surface area contributed by atoms with Gasteiger partial charge in [0.15, 0.2) is 0 Å². The van der Waals surface area contributed by atoms with Crippen LogP contribution in [0.25, 0.3) is 88.4 Å². The number of benzene rings is 14. The van der Waals surface area contributed by atoms with Crippen molar-refractivity contribution in [3.05, 3.63) is 356 Å². The third-order valence-electron chi connectivity index (χ3n) is 18.3. The Bertz CT molecular complexity index is 5680. The zero-order valence-corrected chi connectivity index (χ0v) is 55.2. The molecule has 2 atom stereocenters. The largest absolute Gasteiger partial charge is 0.488 e. The van der Waals surface area contributed by atoms with Crippen LogP contribution in [0.3, 0.4) is 0 Å². The summed E-state index contributed by atoms with van der Waals surface area (Å²) in [6.07, 6.45) is 0. The Kier molecular flexibility index (Phi) is 15.8. The topological polar surface area (TPSA) is 90.9 Å². The van der Waals surface area contributed by atoms with E-state index < -0.39 is 21.7 Å². The van der Waals surface area contributed by atoms with Crippen molar-refractivity contribution >= 4 is 131 Å². The van der Waals surface area contributed by atoms with Gasteiger partial charge in [-0.1, -0.05) is 222 Å². The maximum atomic E-state index is 15.6. The average molecular weight is 1340 g/mol. The number of fused-ring (bicyclic) bond motifs is 12. The van der Waals surface area contributed by atoms with E-state index in [9.17, 15) is 14.6 Å². The quantitative estimate of drug-likeness (QED) is 0.116. The van der Waals surface area contributed by atoms with Crippen LogP contribution in [0.5, 0.6) is 0 Å². The lowest BCUT2D eigenvalue weighted by Crippen LogP contribution is -2.33. The second-order valence-electron chi connectivity index (χ2n) is 23.8. The van der Waals surface area contributed by atoms with E-state index in [0.29, 0.717) is 5.46 Å². The van der Waals surface area contributed by atoms with Gasteiger partial charge in [-0.25, -0.2) is 0 Å². The molecular weight excluding hydrogens is 1280 g/mol. The van der Waals surface area contributed by atoms with Crippen molar-refractivity contribution in [2.45, 2.75) is 0 Å². The summed E-state index contributed by atoms with van der Waals surface area (Å²) in [4.78, 5) is 0. The van der Waals surface area contributed by atoms with E-state index in [1.165, 1.54) is 21.8 Å². The summed E-state index contributed by atoms with van der Waals surface area (Å²) in [5, 5.41) is 26.8. The Balaban J connectivity index is 0.000000123. The molecule has 2 aliphatic rings. The highest BCUT2D eigenvalue weighted by atomic mass is 79.9. The van der Waals surface area contributed by atoms with Gasteiger partial charge in [-0.05, 0) is 173 Å². The summed E-state index contributed by atoms with van der Waals surface area (Å²) >= 11 is 3.60. The number of hydrogen-bond donors (Lipinski definition) is 2. The van der Waals surface area contributed by atoms with E-state index in [-0.39, 0.29) is 0 Å². The molecule has 0 radical (unpaired) electrons. The van der Waals surface area contributed by atoms with Crippen LogP contribution < -0.4 is 36.0 Å². The van der Waals surface area contributed by atoms with Crippen molar-refractivity contribution < 1.29 is 19.2 Å². The van der Waals surface area contributed by atoms with Crippen molar-refractivity contribution in [3.63, 3.8) is 0 Å².